The number of carboxylic acids is 1. The quantitative estimate of drug-likeness (QED) is 0.369. The van der Waals surface area contributed by atoms with E-state index in [0.29, 0.717) is 6.42 Å². The van der Waals surface area contributed by atoms with Gasteiger partial charge < -0.3 is 15.2 Å². The predicted octanol–water partition coefficient (Wildman–Crippen LogP) is 4.38. The Morgan fingerprint density at radius 1 is 0.818 bits per heavy atom. The molecule has 0 aliphatic heterocycles. The Balaban J connectivity index is 2.95. The van der Waals surface area contributed by atoms with Crippen molar-refractivity contribution in [2.45, 2.75) is 84.0 Å². The lowest BCUT2D eigenvalue weighted by molar-refractivity contribution is -0.137. The van der Waals surface area contributed by atoms with E-state index in [0.717, 1.165) is 45.6 Å². The van der Waals surface area contributed by atoms with Crippen LogP contribution in [0.1, 0.15) is 84.0 Å². The van der Waals surface area contributed by atoms with Crippen LogP contribution in [-0.2, 0) is 9.53 Å². The van der Waals surface area contributed by atoms with Gasteiger partial charge in [-0.25, -0.2) is 0 Å². The minimum Gasteiger partial charge on any atom is -0.481 e. The number of hydrogen-bond donors (Lipinski definition) is 2. The number of rotatable bonds is 18. The van der Waals surface area contributed by atoms with E-state index in [1.807, 2.05) is 0 Å². The van der Waals surface area contributed by atoms with Gasteiger partial charge in [-0.2, -0.15) is 0 Å². The van der Waals surface area contributed by atoms with Crippen molar-refractivity contribution in [3.8, 4) is 0 Å². The summed E-state index contributed by atoms with van der Waals surface area (Å²) in [5.74, 6) is -0.667. The Kier molecular flexibility index (Phi) is 17.9. The highest BCUT2D eigenvalue weighted by Gasteiger charge is 1.97. The van der Waals surface area contributed by atoms with Gasteiger partial charge in [0, 0.05) is 19.6 Å². The third kappa shape index (κ3) is 19.4. The van der Waals surface area contributed by atoms with Gasteiger partial charge in [0.1, 0.15) is 0 Å². The molecular weight excluding hydrogens is 278 g/mol. The number of carbonyl (C=O) groups is 1. The van der Waals surface area contributed by atoms with Gasteiger partial charge in [0.15, 0.2) is 0 Å². The average molecular weight is 315 g/mol. The van der Waals surface area contributed by atoms with Crippen LogP contribution >= 0.6 is 0 Å². The number of unbranched alkanes of at least 4 members (excludes halogenated alkanes) is 8. The van der Waals surface area contributed by atoms with E-state index in [1.54, 1.807) is 0 Å². The van der Waals surface area contributed by atoms with Gasteiger partial charge in [-0.3, -0.25) is 4.79 Å². The molecule has 0 saturated carbocycles. The smallest absolute Gasteiger partial charge is 0.303 e. The Labute approximate surface area is 137 Å². The van der Waals surface area contributed by atoms with E-state index in [-0.39, 0.29) is 0 Å². The van der Waals surface area contributed by atoms with Gasteiger partial charge in [-0.1, -0.05) is 51.9 Å². The zero-order chi connectivity index (χ0) is 16.3. The molecule has 0 bridgehead atoms. The molecule has 0 rings (SSSR count). The van der Waals surface area contributed by atoms with Crippen molar-refractivity contribution in [3.05, 3.63) is 0 Å². The second-order valence-electron chi connectivity index (χ2n) is 6.04. The summed E-state index contributed by atoms with van der Waals surface area (Å²) in [6.45, 7) is 6.15. The van der Waals surface area contributed by atoms with Gasteiger partial charge in [-0.05, 0) is 38.8 Å². The Morgan fingerprint density at radius 2 is 1.36 bits per heavy atom. The lowest BCUT2D eigenvalue weighted by Gasteiger charge is -2.05. The van der Waals surface area contributed by atoms with Crippen molar-refractivity contribution in [2.24, 2.45) is 0 Å². The summed E-state index contributed by atoms with van der Waals surface area (Å²) in [7, 11) is 0. The Bertz CT molecular complexity index is 234. The first-order valence-corrected chi connectivity index (χ1v) is 9.27. The molecule has 0 amide bonds. The van der Waals surface area contributed by atoms with Crippen molar-refractivity contribution in [1.82, 2.24) is 5.32 Å². The zero-order valence-electron chi connectivity index (χ0n) is 14.6. The van der Waals surface area contributed by atoms with Crippen LogP contribution in [0.15, 0.2) is 0 Å². The van der Waals surface area contributed by atoms with E-state index in [1.165, 1.54) is 51.4 Å². The lowest BCUT2D eigenvalue weighted by Crippen LogP contribution is -2.17. The van der Waals surface area contributed by atoms with Crippen LogP contribution in [0.2, 0.25) is 0 Å². The molecule has 0 aromatic carbocycles. The highest BCUT2D eigenvalue weighted by molar-refractivity contribution is 5.66. The summed E-state index contributed by atoms with van der Waals surface area (Å²) in [6, 6.07) is 0. The third-order valence-corrected chi connectivity index (χ3v) is 3.75. The van der Waals surface area contributed by atoms with E-state index < -0.39 is 5.97 Å². The van der Waals surface area contributed by atoms with Crippen molar-refractivity contribution in [3.63, 3.8) is 0 Å². The number of carboxylic acid groups (broad SMARTS) is 1. The fraction of sp³-hybridized carbons (Fsp3) is 0.944. The first-order valence-electron chi connectivity index (χ1n) is 9.27. The van der Waals surface area contributed by atoms with Crippen LogP contribution in [0.5, 0.6) is 0 Å². The van der Waals surface area contributed by atoms with Crippen molar-refractivity contribution >= 4 is 5.97 Å². The monoisotopic (exact) mass is 315 g/mol. The summed E-state index contributed by atoms with van der Waals surface area (Å²) < 4.78 is 5.62. The fourth-order valence-corrected chi connectivity index (χ4v) is 2.42. The summed E-state index contributed by atoms with van der Waals surface area (Å²) in [4.78, 5) is 10.3. The molecule has 2 N–H and O–H groups in total. The first-order chi connectivity index (χ1) is 10.8. The van der Waals surface area contributed by atoms with Crippen molar-refractivity contribution in [1.29, 1.82) is 0 Å². The molecule has 22 heavy (non-hydrogen) atoms. The molecule has 4 nitrogen and oxygen atoms in total. The number of nitrogens with one attached hydrogen (secondary N) is 1. The van der Waals surface area contributed by atoms with E-state index in [4.69, 9.17) is 9.84 Å². The second kappa shape index (κ2) is 18.4. The molecule has 0 aliphatic carbocycles. The lowest BCUT2D eigenvalue weighted by atomic mass is 10.1. The highest BCUT2D eigenvalue weighted by atomic mass is 16.5. The van der Waals surface area contributed by atoms with Crippen LogP contribution in [0.25, 0.3) is 0 Å². The normalized spacial score (nSPS) is 11.0. The van der Waals surface area contributed by atoms with Gasteiger partial charge in [-0.15, -0.1) is 0 Å². The summed E-state index contributed by atoms with van der Waals surface area (Å²) in [6.07, 6.45) is 13.3. The predicted molar refractivity (Wildman–Crippen MR) is 92.4 cm³/mol. The summed E-state index contributed by atoms with van der Waals surface area (Å²) in [5.41, 5.74) is 0. The number of aliphatic carboxylic acids is 1. The third-order valence-electron chi connectivity index (χ3n) is 3.75. The largest absolute Gasteiger partial charge is 0.481 e. The van der Waals surface area contributed by atoms with Crippen molar-refractivity contribution < 1.29 is 14.6 Å². The van der Waals surface area contributed by atoms with Crippen molar-refractivity contribution in [2.75, 3.05) is 26.3 Å². The van der Waals surface area contributed by atoms with E-state index in [2.05, 4.69) is 12.2 Å². The summed E-state index contributed by atoms with van der Waals surface area (Å²) >= 11 is 0. The molecule has 0 radical (unpaired) electrons. The molecule has 0 heterocycles. The molecule has 0 spiro atoms. The molecule has 4 heteroatoms. The molecule has 0 unspecified atom stereocenters. The SMILES string of the molecule is CCCNCCCOCCCCCCCCCCCC(=O)O. The number of hydrogen-bond acceptors (Lipinski definition) is 3. The Morgan fingerprint density at radius 3 is 1.95 bits per heavy atom. The van der Waals surface area contributed by atoms with Gasteiger partial charge in [0.05, 0.1) is 0 Å². The molecular formula is C18H37NO3. The van der Waals surface area contributed by atoms with Gasteiger partial charge in [0.2, 0.25) is 0 Å². The maximum Gasteiger partial charge on any atom is 0.303 e. The Hall–Kier alpha value is -0.610. The minimum absolute atomic E-state index is 0.328. The molecule has 0 aromatic heterocycles. The van der Waals surface area contributed by atoms with E-state index in [9.17, 15) is 4.79 Å². The molecule has 0 aliphatic rings. The second-order valence-corrected chi connectivity index (χ2v) is 6.04. The van der Waals surface area contributed by atoms with Crippen LogP contribution in [0.3, 0.4) is 0 Å². The van der Waals surface area contributed by atoms with Crippen LogP contribution in [0.4, 0.5) is 0 Å². The molecule has 132 valence electrons. The van der Waals surface area contributed by atoms with E-state index >= 15 is 0 Å². The molecule has 0 fully saturated rings. The summed E-state index contributed by atoms with van der Waals surface area (Å²) in [5, 5.41) is 11.9. The molecule has 0 aromatic rings. The van der Waals surface area contributed by atoms with Crippen LogP contribution in [-0.4, -0.2) is 37.4 Å². The highest BCUT2D eigenvalue weighted by Crippen LogP contribution is 2.10. The number of ether oxygens (including phenoxy) is 1. The zero-order valence-corrected chi connectivity index (χ0v) is 14.6. The average Bonchev–Trinajstić information content (AvgIpc) is 2.50. The van der Waals surface area contributed by atoms with Gasteiger partial charge >= 0.3 is 5.97 Å². The molecule has 0 atom stereocenters. The van der Waals surface area contributed by atoms with Crippen LogP contribution < -0.4 is 5.32 Å². The van der Waals surface area contributed by atoms with Gasteiger partial charge in [0.25, 0.3) is 0 Å². The van der Waals surface area contributed by atoms with Crippen LogP contribution in [0, 0.1) is 0 Å². The molecule has 0 saturated heterocycles. The maximum absolute atomic E-state index is 10.3. The first kappa shape index (κ1) is 21.4. The fourth-order valence-electron chi connectivity index (χ4n) is 2.42. The minimum atomic E-state index is -0.667. The standard InChI is InChI=1S/C18H37NO3/c1-2-14-19-15-12-17-22-16-11-9-7-5-3-4-6-8-10-13-18(20)21/h19H,2-17H2,1H3,(H,20,21). The topological polar surface area (TPSA) is 58.6 Å². The maximum atomic E-state index is 10.3.